The SMILES string of the molecule is COc1ccccc1C(=O)N[C@H](C(=O)O[C@H](C)C(=O)Nc1cc(C)ccc1C)C(C)C. The lowest BCUT2D eigenvalue weighted by atomic mass is 10.0. The van der Waals surface area contributed by atoms with Crippen molar-refractivity contribution in [2.75, 3.05) is 12.4 Å². The number of benzene rings is 2. The van der Waals surface area contributed by atoms with E-state index in [9.17, 15) is 14.4 Å². The van der Waals surface area contributed by atoms with Crippen LogP contribution in [0.1, 0.15) is 42.3 Å². The monoisotopic (exact) mass is 426 g/mol. The second-order valence-corrected chi connectivity index (χ2v) is 7.78. The largest absolute Gasteiger partial charge is 0.496 e. The van der Waals surface area contributed by atoms with Crippen LogP contribution in [0, 0.1) is 19.8 Å². The number of nitrogens with one attached hydrogen (secondary N) is 2. The molecule has 7 nitrogen and oxygen atoms in total. The van der Waals surface area contributed by atoms with Crippen molar-refractivity contribution in [1.29, 1.82) is 0 Å². The van der Waals surface area contributed by atoms with Gasteiger partial charge in [-0.15, -0.1) is 0 Å². The maximum atomic E-state index is 12.7. The van der Waals surface area contributed by atoms with Gasteiger partial charge in [-0.2, -0.15) is 0 Å². The third kappa shape index (κ3) is 6.31. The van der Waals surface area contributed by atoms with E-state index in [0.717, 1.165) is 11.1 Å². The first-order valence-electron chi connectivity index (χ1n) is 10.2. The molecule has 0 saturated carbocycles. The van der Waals surface area contributed by atoms with Crippen LogP contribution in [0.5, 0.6) is 5.75 Å². The number of esters is 1. The molecular formula is C24H30N2O5. The van der Waals surface area contributed by atoms with Gasteiger partial charge in [-0.25, -0.2) is 4.79 Å². The average Bonchev–Trinajstić information content (AvgIpc) is 2.73. The third-order valence-corrected chi connectivity index (χ3v) is 4.87. The van der Waals surface area contributed by atoms with Crippen LogP contribution in [0.15, 0.2) is 42.5 Å². The summed E-state index contributed by atoms with van der Waals surface area (Å²) in [5.41, 5.74) is 2.88. The number of hydrogen-bond donors (Lipinski definition) is 2. The molecule has 2 aromatic carbocycles. The molecule has 7 heteroatoms. The summed E-state index contributed by atoms with van der Waals surface area (Å²) in [5, 5.41) is 5.48. The smallest absolute Gasteiger partial charge is 0.329 e. The first-order valence-corrected chi connectivity index (χ1v) is 10.2. The Hall–Kier alpha value is -3.35. The van der Waals surface area contributed by atoms with E-state index < -0.39 is 29.9 Å². The summed E-state index contributed by atoms with van der Waals surface area (Å²) in [6.45, 7) is 8.88. The van der Waals surface area contributed by atoms with Crippen molar-refractivity contribution in [1.82, 2.24) is 5.32 Å². The minimum atomic E-state index is -1.03. The van der Waals surface area contributed by atoms with E-state index in [0.29, 0.717) is 17.0 Å². The normalized spacial score (nSPS) is 12.6. The van der Waals surface area contributed by atoms with E-state index in [2.05, 4.69) is 10.6 Å². The molecule has 2 amide bonds. The first-order chi connectivity index (χ1) is 14.6. The Bertz CT molecular complexity index is 955. The van der Waals surface area contributed by atoms with Gasteiger partial charge in [0.1, 0.15) is 11.8 Å². The summed E-state index contributed by atoms with van der Waals surface area (Å²) in [7, 11) is 1.47. The van der Waals surface area contributed by atoms with Crippen molar-refractivity contribution < 1.29 is 23.9 Å². The number of para-hydroxylation sites is 1. The van der Waals surface area contributed by atoms with E-state index in [-0.39, 0.29) is 5.92 Å². The Labute approximate surface area is 183 Å². The lowest BCUT2D eigenvalue weighted by Gasteiger charge is -2.23. The molecule has 31 heavy (non-hydrogen) atoms. The Kier molecular flexibility index (Phi) is 8.19. The summed E-state index contributed by atoms with van der Waals surface area (Å²) >= 11 is 0. The topological polar surface area (TPSA) is 93.7 Å². The molecule has 166 valence electrons. The third-order valence-electron chi connectivity index (χ3n) is 4.87. The zero-order valence-electron chi connectivity index (χ0n) is 18.8. The average molecular weight is 427 g/mol. The molecule has 2 N–H and O–H groups in total. The van der Waals surface area contributed by atoms with Gasteiger partial charge in [0.2, 0.25) is 0 Å². The summed E-state index contributed by atoms with van der Waals surface area (Å²) in [4.78, 5) is 38.0. The molecule has 0 heterocycles. The molecule has 0 unspecified atom stereocenters. The highest BCUT2D eigenvalue weighted by molar-refractivity contribution is 6.00. The molecule has 2 rings (SSSR count). The standard InChI is InChI=1S/C24H30N2O5/c1-14(2)21(26-23(28)18-9-7-8-10-20(18)30-6)24(29)31-17(5)22(27)25-19-13-15(3)11-12-16(19)4/h7-14,17,21H,1-6H3,(H,25,27)(H,26,28)/t17-,21+/m1/s1. The first kappa shape index (κ1) is 23.9. The molecule has 2 atom stereocenters. The number of carbonyl (C=O) groups excluding carboxylic acids is 3. The number of amides is 2. The fourth-order valence-electron chi connectivity index (χ4n) is 2.95. The quantitative estimate of drug-likeness (QED) is 0.629. The second-order valence-electron chi connectivity index (χ2n) is 7.78. The fourth-order valence-corrected chi connectivity index (χ4v) is 2.95. The maximum absolute atomic E-state index is 12.7. The Morgan fingerprint density at radius 1 is 0.968 bits per heavy atom. The highest BCUT2D eigenvalue weighted by atomic mass is 16.5. The zero-order chi connectivity index (χ0) is 23.1. The van der Waals surface area contributed by atoms with Crippen molar-refractivity contribution >= 4 is 23.5 Å². The van der Waals surface area contributed by atoms with Crippen LogP contribution in [0.4, 0.5) is 5.69 Å². The fraction of sp³-hybridized carbons (Fsp3) is 0.375. The number of hydrogen-bond acceptors (Lipinski definition) is 5. The van der Waals surface area contributed by atoms with Gasteiger partial charge in [0.15, 0.2) is 6.10 Å². The molecule has 0 spiro atoms. The lowest BCUT2D eigenvalue weighted by molar-refractivity contribution is -0.156. The summed E-state index contributed by atoms with van der Waals surface area (Å²) in [5.74, 6) is -1.43. The van der Waals surface area contributed by atoms with Crippen molar-refractivity contribution in [3.8, 4) is 5.75 Å². The molecule has 0 fully saturated rings. The van der Waals surface area contributed by atoms with Crippen LogP contribution >= 0.6 is 0 Å². The lowest BCUT2D eigenvalue weighted by Crippen LogP contribution is -2.47. The Balaban J connectivity index is 2.06. The van der Waals surface area contributed by atoms with Crippen molar-refractivity contribution in [2.24, 2.45) is 5.92 Å². The van der Waals surface area contributed by atoms with Gasteiger partial charge in [0.25, 0.3) is 11.8 Å². The molecule has 2 aromatic rings. The van der Waals surface area contributed by atoms with Crippen LogP contribution in [-0.2, 0) is 14.3 Å². The Morgan fingerprint density at radius 2 is 1.65 bits per heavy atom. The van der Waals surface area contributed by atoms with Crippen LogP contribution in [0.3, 0.4) is 0 Å². The summed E-state index contributed by atoms with van der Waals surface area (Å²) in [6, 6.07) is 11.5. The molecule has 0 aliphatic carbocycles. The van der Waals surface area contributed by atoms with Crippen LogP contribution in [0.25, 0.3) is 0 Å². The molecule has 0 saturated heterocycles. The molecular weight excluding hydrogens is 396 g/mol. The van der Waals surface area contributed by atoms with Gasteiger partial charge in [0.05, 0.1) is 12.7 Å². The molecule has 0 aromatic heterocycles. The predicted octanol–water partition coefficient (Wildman–Crippen LogP) is 3.64. The second kappa shape index (κ2) is 10.6. The summed E-state index contributed by atoms with van der Waals surface area (Å²) in [6.07, 6.45) is -1.03. The minimum absolute atomic E-state index is 0.250. The van der Waals surface area contributed by atoms with E-state index >= 15 is 0 Å². The Morgan fingerprint density at radius 3 is 2.29 bits per heavy atom. The van der Waals surface area contributed by atoms with Gasteiger partial charge in [-0.1, -0.05) is 38.1 Å². The molecule has 0 bridgehead atoms. The van der Waals surface area contributed by atoms with E-state index in [1.165, 1.54) is 14.0 Å². The van der Waals surface area contributed by atoms with Gasteiger partial charge in [-0.3, -0.25) is 9.59 Å². The summed E-state index contributed by atoms with van der Waals surface area (Å²) < 4.78 is 10.6. The van der Waals surface area contributed by atoms with Gasteiger partial charge < -0.3 is 20.1 Å². The van der Waals surface area contributed by atoms with Crippen LogP contribution in [0.2, 0.25) is 0 Å². The highest BCUT2D eigenvalue weighted by Gasteiger charge is 2.30. The number of rotatable bonds is 8. The molecule has 0 aliphatic heterocycles. The van der Waals surface area contributed by atoms with E-state index in [1.54, 1.807) is 38.1 Å². The molecule has 0 radical (unpaired) electrons. The zero-order valence-corrected chi connectivity index (χ0v) is 18.8. The van der Waals surface area contributed by atoms with Crippen molar-refractivity contribution in [3.63, 3.8) is 0 Å². The minimum Gasteiger partial charge on any atom is -0.496 e. The van der Waals surface area contributed by atoms with Gasteiger partial charge >= 0.3 is 5.97 Å². The highest BCUT2D eigenvalue weighted by Crippen LogP contribution is 2.19. The van der Waals surface area contributed by atoms with Gasteiger partial charge in [-0.05, 0) is 56.0 Å². The van der Waals surface area contributed by atoms with Gasteiger partial charge in [0, 0.05) is 5.69 Å². The van der Waals surface area contributed by atoms with Crippen LogP contribution in [-0.4, -0.2) is 37.0 Å². The van der Waals surface area contributed by atoms with Crippen molar-refractivity contribution in [2.45, 2.75) is 46.8 Å². The maximum Gasteiger partial charge on any atom is 0.329 e. The predicted molar refractivity (Wildman–Crippen MR) is 119 cm³/mol. The number of ether oxygens (including phenoxy) is 2. The molecule has 0 aliphatic rings. The van der Waals surface area contributed by atoms with Crippen LogP contribution < -0.4 is 15.4 Å². The van der Waals surface area contributed by atoms with E-state index in [1.807, 2.05) is 32.0 Å². The number of methoxy groups -OCH3 is 1. The number of carbonyl (C=O) groups is 3. The van der Waals surface area contributed by atoms with E-state index in [4.69, 9.17) is 9.47 Å². The number of anilines is 1. The van der Waals surface area contributed by atoms with Crippen molar-refractivity contribution in [3.05, 3.63) is 59.2 Å². The number of aryl methyl sites for hydroxylation is 2.